The number of nitrogens with zero attached hydrogens (tertiary/aromatic N) is 1. The SMILES string of the molecule is O=C(O)c1ccc(N2CCCC2=O)cc1Cl. The molecule has 84 valence electrons. The van der Waals surface area contributed by atoms with Gasteiger partial charge in [-0.05, 0) is 24.6 Å². The van der Waals surface area contributed by atoms with Gasteiger partial charge < -0.3 is 10.0 Å². The molecule has 1 aromatic rings. The lowest BCUT2D eigenvalue weighted by molar-refractivity contribution is -0.117. The quantitative estimate of drug-likeness (QED) is 0.861. The van der Waals surface area contributed by atoms with E-state index in [1.807, 2.05) is 0 Å². The molecule has 4 nitrogen and oxygen atoms in total. The van der Waals surface area contributed by atoms with Crippen LogP contribution < -0.4 is 4.90 Å². The molecule has 0 saturated carbocycles. The molecule has 1 aliphatic rings. The molecule has 0 radical (unpaired) electrons. The molecule has 0 aromatic heterocycles. The maximum atomic E-state index is 11.5. The molecule has 0 aliphatic carbocycles. The average molecular weight is 240 g/mol. The molecule has 1 fully saturated rings. The first-order chi connectivity index (χ1) is 7.59. The van der Waals surface area contributed by atoms with Crippen LogP contribution in [0, 0.1) is 0 Å². The molecule has 5 heteroatoms. The Labute approximate surface area is 97.4 Å². The van der Waals surface area contributed by atoms with Crippen molar-refractivity contribution in [3.63, 3.8) is 0 Å². The summed E-state index contributed by atoms with van der Waals surface area (Å²) in [6, 6.07) is 4.55. The number of benzene rings is 1. The Balaban J connectivity index is 2.34. The summed E-state index contributed by atoms with van der Waals surface area (Å²) in [5.41, 5.74) is 0.717. The zero-order valence-corrected chi connectivity index (χ0v) is 9.20. The minimum atomic E-state index is -1.07. The van der Waals surface area contributed by atoms with E-state index >= 15 is 0 Å². The van der Waals surface area contributed by atoms with E-state index in [1.54, 1.807) is 11.0 Å². The second-order valence-corrected chi connectivity index (χ2v) is 4.03. The van der Waals surface area contributed by atoms with Crippen LogP contribution in [0.1, 0.15) is 23.2 Å². The van der Waals surface area contributed by atoms with E-state index in [4.69, 9.17) is 16.7 Å². The molecular weight excluding hydrogens is 230 g/mol. The number of carboxylic acid groups (broad SMARTS) is 1. The van der Waals surface area contributed by atoms with Crippen LogP contribution in [0.5, 0.6) is 0 Å². The van der Waals surface area contributed by atoms with Gasteiger partial charge in [0.25, 0.3) is 0 Å². The Kier molecular flexibility index (Phi) is 2.83. The van der Waals surface area contributed by atoms with Gasteiger partial charge in [-0.3, -0.25) is 4.79 Å². The third-order valence-corrected chi connectivity index (χ3v) is 2.88. The monoisotopic (exact) mass is 239 g/mol. The molecule has 1 saturated heterocycles. The van der Waals surface area contributed by atoms with Gasteiger partial charge in [-0.2, -0.15) is 0 Å². The van der Waals surface area contributed by atoms with E-state index in [1.165, 1.54) is 12.1 Å². The number of carbonyl (C=O) groups is 2. The van der Waals surface area contributed by atoms with Crippen molar-refractivity contribution in [2.45, 2.75) is 12.8 Å². The van der Waals surface area contributed by atoms with Crippen LogP contribution in [0.2, 0.25) is 5.02 Å². The van der Waals surface area contributed by atoms with E-state index in [2.05, 4.69) is 0 Å². The molecule has 0 bridgehead atoms. The highest BCUT2D eigenvalue weighted by Gasteiger charge is 2.22. The predicted octanol–water partition coefficient (Wildman–Crippen LogP) is 2.17. The lowest BCUT2D eigenvalue weighted by Gasteiger charge is -2.16. The van der Waals surface area contributed by atoms with Crippen LogP contribution in [0.15, 0.2) is 18.2 Å². The summed E-state index contributed by atoms with van der Waals surface area (Å²) in [6.07, 6.45) is 1.37. The van der Waals surface area contributed by atoms with Crippen molar-refractivity contribution in [1.29, 1.82) is 0 Å². The number of halogens is 1. The van der Waals surface area contributed by atoms with Gasteiger partial charge in [0.15, 0.2) is 0 Å². The molecule has 1 aliphatic heterocycles. The van der Waals surface area contributed by atoms with Crippen molar-refractivity contribution >= 4 is 29.2 Å². The molecule has 1 amide bonds. The number of hydrogen-bond acceptors (Lipinski definition) is 2. The third kappa shape index (κ3) is 1.88. The molecule has 0 unspecified atom stereocenters. The smallest absolute Gasteiger partial charge is 0.337 e. The second kappa shape index (κ2) is 4.14. The van der Waals surface area contributed by atoms with Gasteiger partial charge in [0.1, 0.15) is 0 Å². The number of amides is 1. The number of carbonyl (C=O) groups excluding carboxylic acids is 1. The van der Waals surface area contributed by atoms with E-state index < -0.39 is 5.97 Å². The summed E-state index contributed by atoms with van der Waals surface area (Å²) in [7, 11) is 0. The summed E-state index contributed by atoms with van der Waals surface area (Å²) < 4.78 is 0. The van der Waals surface area contributed by atoms with E-state index in [0.717, 1.165) is 6.42 Å². The largest absolute Gasteiger partial charge is 0.478 e. The summed E-state index contributed by atoms with van der Waals surface area (Å²) in [4.78, 5) is 23.8. The first-order valence-electron chi connectivity index (χ1n) is 4.93. The van der Waals surface area contributed by atoms with Crippen LogP contribution >= 0.6 is 11.6 Å². The van der Waals surface area contributed by atoms with Crippen LogP contribution in [0.3, 0.4) is 0 Å². The Morgan fingerprint density at radius 2 is 2.19 bits per heavy atom. The molecule has 0 atom stereocenters. The predicted molar refractivity (Wildman–Crippen MR) is 60.0 cm³/mol. The van der Waals surface area contributed by atoms with E-state index in [0.29, 0.717) is 18.7 Å². The van der Waals surface area contributed by atoms with Crippen molar-refractivity contribution in [3.05, 3.63) is 28.8 Å². The van der Waals surface area contributed by atoms with Crippen molar-refractivity contribution in [1.82, 2.24) is 0 Å². The first-order valence-corrected chi connectivity index (χ1v) is 5.30. The molecule has 2 rings (SSSR count). The first kappa shape index (κ1) is 11.0. The Hall–Kier alpha value is -1.55. The van der Waals surface area contributed by atoms with E-state index in [-0.39, 0.29) is 16.5 Å². The lowest BCUT2D eigenvalue weighted by atomic mass is 10.2. The minimum absolute atomic E-state index is 0.0528. The maximum absolute atomic E-state index is 11.5. The van der Waals surface area contributed by atoms with Crippen LogP contribution in [-0.4, -0.2) is 23.5 Å². The maximum Gasteiger partial charge on any atom is 0.337 e. The normalized spacial score (nSPS) is 15.6. The fourth-order valence-electron chi connectivity index (χ4n) is 1.77. The number of hydrogen-bond donors (Lipinski definition) is 1. The highest BCUT2D eigenvalue weighted by molar-refractivity contribution is 6.33. The zero-order valence-electron chi connectivity index (χ0n) is 8.44. The summed E-state index contributed by atoms with van der Waals surface area (Å²) in [5.74, 6) is -1.01. The van der Waals surface area contributed by atoms with Crippen molar-refractivity contribution in [2.24, 2.45) is 0 Å². The lowest BCUT2D eigenvalue weighted by Crippen LogP contribution is -2.23. The topological polar surface area (TPSA) is 57.6 Å². The van der Waals surface area contributed by atoms with Gasteiger partial charge in [-0.25, -0.2) is 4.79 Å². The second-order valence-electron chi connectivity index (χ2n) is 3.62. The highest BCUT2D eigenvalue weighted by atomic mass is 35.5. The zero-order chi connectivity index (χ0) is 11.7. The highest BCUT2D eigenvalue weighted by Crippen LogP contribution is 2.26. The van der Waals surface area contributed by atoms with Gasteiger partial charge in [-0.1, -0.05) is 11.6 Å². The minimum Gasteiger partial charge on any atom is -0.478 e. The van der Waals surface area contributed by atoms with Gasteiger partial charge in [0.2, 0.25) is 5.91 Å². The van der Waals surface area contributed by atoms with Gasteiger partial charge in [0, 0.05) is 18.7 Å². The molecule has 16 heavy (non-hydrogen) atoms. The number of aromatic carboxylic acids is 1. The van der Waals surface area contributed by atoms with Crippen molar-refractivity contribution < 1.29 is 14.7 Å². The van der Waals surface area contributed by atoms with Crippen molar-refractivity contribution in [3.8, 4) is 0 Å². The van der Waals surface area contributed by atoms with E-state index in [9.17, 15) is 9.59 Å². The van der Waals surface area contributed by atoms with Gasteiger partial charge in [0.05, 0.1) is 10.6 Å². The Bertz CT molecular complexity index is 459. The summed E-state index contributed by atoms with van der Waals surface area (Å²) >= 11 is 5.83. The third-order valence-electron chi connectivity index (χ3n) is 2.57. The average Bonchev–Trinajstić information content (AvgIpc) is 2.63. The van der Waals surface area contributed by atoms with Crippen LogP contribution in [0.4, 0.5) is 5.69 Å². The molecule has 1 aromatic carbocycles. The van der Waals surface area contributed by atoms with Crippen LogP contribution in [0.25, 0.3) is 0 Å². The molecule has 1 heterocycles. The van der Waals surface area contributed by atoms with Gasteiger partial charge >= 0.3 is 5.97 Å². The molecule has 1 N–H and O–H groups in total. The Morgan fingerprint density at radius 1 is 1.44 bits per heavy atom. The summed E-state index contributed by atoms with van der Waals surface area (Å²) in [6.45, 7) is 0.668. The molecular formula is C11H10ClNO3. The van der Waals surface area contributed by atoms with Crippen molar-refractivity contribution in [2.75, 3.05) is 11.4 Å². The fraction of sp³-hybridized carbons (Fsp3) is 0.273. The number of anilines is 1. The number of carboxylic acids is 1. The Morgan fingerprint density at radius 3 is 2.69 bits per heavy atom. The summed E-state index contributed by atoms with van der Waals surface area (Å²) in [5, 5.41) is 8.97. The fourth-order valence-corrected chi connectivity index (χ4v) is 2.02. The van der Waals surface area contributed by atoms with Gasteiger partial charge in [-0.15, -0.1) is 0 Å². The molecule has 0 spiro atoms. The van der Waals surface area contributed by atoms with Crippen LogP contribution in [-0.2, 0) is 4.79 Å². The standard InChI is InChI=1S/C11H10ClNO3/c12-9-6-7(3-4-8(9)11(15)16)13-5-1-2-10(13)14/h3-4,6H,1-2,5H2,(H,15,16). The number of rotatable bonds is 2.